The second-order valence-electron chi connectivity index (χ2n) is 3.81. The van der Waals surface area contributed by atoms with Crippen LogP contribution in [0, 0.1) is 12.7 Å². The van der Waals surface area contributed by atoms with E-state index in [9.17, 15) is 4.39 Å². The molecule has 0 aliphatic carbocycles. The molecule has 0 aliphatic rings. The monoisotopic (exact) mass is 231 g/mol. The minimum atomic E-state index is -0.266. The Balaban J connectivity index is 2.41. The van der Waals surface area contributed by atoms with Gasteiger partial charge in [-0.15, -0.1) is 0 Å². The average Bonchev–Trinajstić information content (AvgIpc) is 2.28. The normalized spacial score (nSPS) is 10.3. The topological polar surface area (TPSA) is 37.8 Å². The minimum absolute atomic E-state index is 0.266. The van der Waals surface area contributed by atoms with E-state index in [1.807, 2.05) is 19.9 Å². The van der Waals surface area contributed by atoms with Crippen molar-refractivity contribution in [3.05, 3.63) is 41.8 Å². The number of aromatic nitrogens is 2. The molecule has 1 aromatic carbocycles. The maximum Gasteiger partial charge on any atom is 0.161 e. The summed E-state index contributed by atoms with van der Waals surface area (Å²) in [6.45, 7) is 4.63. The van der Waals surface area contributed by atoms with Gasteiger partial charge in [-0.05, 0) is 43.7 Å². The molecule has 2 rings (SSSR count). The third kappa shape index (κ3) is 2.78. The summed E-state index contributed by atoms with van der Waals surface area (Å²) < 4.78 is 13.3. The first-order valence-electron chi connectivity index (χ1n) is 5.53. The van der Waals surface area contributed by atoms with Gasteiger partial charge in [-0.2, -0.15) is 0 Å². The first-order chi connectivity index (χ1) is 8.19. The molecule has 2 aromatic rings. The Kier molecular flexibility index (Phi) is 3.32. The number of rotatable bonds is 3. The number of aryl methyl sites for hydroxylation is 1. The van der Waals surface area contributed by atoms with Crippen LogP contribution in [0.25, 0.3) is 11.4 Å². The molecule has 1 heterocycles. The average molecular weight is 231 g/mol. The van der Waals surface area contributed by atoms with Gasteiger partial charge in [0.05, 0.1) is 0 Å². The van der Waals surface area contributed by atoms with Crippen LogP contribution in [-0.4, -0.2) is 16.5 Å². The maximum absolute atomic E-state index is 13.3. The second kappa shape index (κ2) is 4.91. The zero-order valence-electron chi connectivity index (χ0n) is 9.87. The van der Waals surface area contributed by atoms with Crippen molar-refractivity contribution in [3.63, 3.8) is 0 Å². The number of halogens is 1. The lowest BCUT2D eigenvalue weighted by atomic mass is 10.1. The van der Waals surface area contributed by atoms with Crippen molar-refractivity contribution in [3.8, 4) is 11.4 Å². The molecule has 0 spiro atoms. The summed E-state index contributed by atoms with van der Waals surface area (Å²) in [7, 11) is 0. The molecule has 4 heteroatoms. The second-order valence-corrected chi connectivity index (χ2v) is 3.81. The highest BCUT2D eigenvalue weighted by Gasteiger charge is 2.04. The molecular weight excluding hydrogens is 217 g/mol. The van der Waals surface area contributed by atoms with Crippen molar-refractivity contribution in [2.75, 3.05) is 11.9 Å². The summed E-state index contributed by atoms with van der Waals surface area (Å²) in [5.74, 6) is 1.02. The van der Waals surface area contributed by atoms with Gasteiger partial charge in [-0.25, -0.2) is 14.4 Å². The van der Waals surface area contributed by atoms with Gasteiger partial charge in [0.25, 0.3) is 0 Å². The number of hydrogen-bond acceptors (Lipinski definition) is 3. The highest BCUT2D eigenvalue weighted by atomic mass is 19.1. The van der Waals surface area contributed by atoms with E-state index < -0.39 is 0 Å². The lowest BCUT2D eigenvalue weighted by Crippen LogP contribution is -2.01. The highest BCUT2D eigenvalue weighted by Crippen LogP contribution is 2.19. The van der Waals surface area contributed by atoms with Crippen molar-refractivity contribution in [2.45, 2.75) is 13.8 Å². The predicted molar refractivity (Wildman–Crippen MR) is 66.3 cm³/mol. The Labute approximate surface area is 99.7 Å². The van der Waals surface area contributed by atoms with Gasteiger partial charge in [-0.1, -0.05) is 0 Å². The lowest BCUT2D eigenvalue weighted by Gasteiger charge is -2.05. The molecule has 0 saturated carbocycles. The molecule has 3 nitrogen and oxygen atoms in total. The molecule has 0 bridgehead atoms. The number of nitrogens with one attached hydrogen (secondary N) is 1. The first kappa shape index (κ1) is 11.5. The summed E-state index contributed by atoms with van der Waals surface area (Å²) in [5, 5.41) is 3.10. The molecule has 1 aromatic heterocycles. The Bertz CT molecular complexity index is 506. The molecular formula is C13H14FN3. The van der Waals surface area contributed by atoms with Gasteiger partial charge >= 0.3 is 0 Å². The Hall–Kier alpha value is -1.97. The lowest BCUT2D eigenvalue weighted by molar-refractivity contribution is 0.627. The van der Waals surface area contributed by atoms with E-state index in [2.05, 4.69) is 15.3 Å². The van der Waals surface area contributed by atoms with Crippen LogP contribution in [-0.2, 0) is 0 Å². The first-order valence-corrected chi connectivity index (χ1v) is 5.53. The summed E-state index contributed by atoms with van der Waals surface area (Å²) in [6.07, 6.45) is 1.67. The van der Waals surface area contributed by atoms with Crippen molar-refractivity contribution in [2.24, 2.45) is 0 Å². The van der Waals surface area contributed by atoms with E-state index in [-0.39, 0.29) is 5.82 Å². The SMILES string of the molecule is CCNc1ccnc(-c2cc(C)cc(F)c2)n1. The van der Waals surface area contributed by atoms with Crippen molar-refractivity contribution >= 4 is 5.82 Å². The molecule has 17 heavy (non-hydrogen) atoms. The Morgan fingerprint density at radius 1 is 1.29 bits per heavy atom. The summed E-state index contributed by atoms with van der Waals surface area (Å²) in [4.78, 5) is 8.48. The molecule has 0 radical (unpaired) electrons. The van der Waals surface area contributed by atoms with E-state index in [0.29, 0.717) is 11.4 Å². The van der Waals surface area contributed by atoms with Crippen LogP contribution in [0.15, 0.2) is 30.5 Å². The van der Waals surface area contributed by atoms with Gasteiger partial charge in [0.1, 0.15) is 11.6 Å². The standard InChI is InChI=1S/C13H14FN3/c1-3-15-12-4-5-16-13(17-12)10-6-9(2)7-11(14)8-10/h4-8H,3H2,1-2H3,(H,15,16,17). The molecule has 0 unspecified atom stereocenters. The predicted octanol–water partition coefficient (Wildman–Crippen LogP) is 3.02. The minimum Gasteiger partial charge on any atom is -0.370 e. The van der Waals surface area contributed by atoms with Crippen LogP contribution in [0.3, 0.4) is 0 Å². The summed E-state index contributed by atoms with van der Waals surface area (Å²) in [5.41, 5.74) is 1.56. The smallest absolute Gasteiger partial charge is 0.161 e. The zero-order valence-corrected chi connectivity index (χ0v) is 9.87. The van der Waals surface area contributed by atoms with Gasteiger partial charge < -0.3 is 5.32 Å². The largest absolute Gasteiger partial charge is 0.370 e. The van der Waals surface area contributed by atoms with Crippen molar-refractivity contribution < 1.29 is 4.39 Å². The van der Waals surface area contributed by atoms with Gasteiger partial charge in [0.2, 0.25) is 0 Å². The van der Waals surface area contributed by atoms with E-state index >= 15 is 0 Å². The molecule has 0 fully saturated rings. The van der Waals surface area contributed by atoms with Crippen LogP contribution in [0.2, 0.25) is 0 Å². The summed E-state index contributed by atoms with van der Waals surface area (Å²) in [6, 6.07) is 6.59. The fraction of sp³-hybridized carbons (Fsp3) is 0.231. The van der Waals surface area contributed by atoms with E-state index in [1.54, 1.807) is 12.3 Å². The molecule has 0 atom stereocenters. The van der Waals surface area contributed by atoms with E-state index in [1.165, 1.54) is 12.1 Å². The third-order valence-electron chi connectivity index (χ3n) is 2.31. The Morgan fingerprint density at radius 3 is 2.82 bits per heavy atom. The van der Waals surface area contributed by atoms with Gasteiger partial charge in [-0.3, -0.25) is 0 Å². The Morgan fingerprint density at radius 2 is 2.12 bits per heavy atom. The van der Waals surface area contributed by atoms with Crippen LogP contribution in [0.1, 0.15) is 12.5 Å². The zero-order chi connectivity index (χ0) is 12.3. The van der Waals surface area contributed by atoms with Crippen LogP contribution < -0.4 is 5.32 Å². The quantitative estimate of drug-likeness (QED) is 0.882. The van der Waals surface area contributed by atoms with E-state index in [4.69, 9.17) is 0 Å². The van der Waals surface area contributed by atoms with Gasteiger partial charge in [0, 0.05) is 18.3 Å². The van der Waals surface area contributed by atoms with Crippen LogP contribution in [0.5, 0.6) is 0 Å². The molecule has 0 aliphatic heterocycles. The molecule has 0 amide bonds. The van der Waals surface area contributed by atoms with Crippen molar-refractivity contribution in [1.82, 2.24) is 9.97 Å². The van der Waals surface area contributed by atoms with E-state index in [0.717, 1.165) is 17.9 Å². The molecule has 88 valence electrons. The summed E-state index contributed by atoms with van der Waals surface area (Å²) >= 11 is 0. The molecule has 1 N–H and O–H groups in total. The number of nitrogens with zero attached hydrogens (tertiary/aromatic N) is 2. The van der Waals surface area contributed by atoms with Crippen LogP contribution >= 0.6 is 0 Å². The molecule has 0 saturated heterocycles. The fourth-order valence-corrected chi connectivity index (χ4v) is 1.64. The fourth-order valence-electron chi connectivity index (χ4n) is 1.64. The van der Waals surface area contributed by atoms with Crippen molar-refractivity contribution in [1.29, 1.82) is 0 Å². The van der Waals surface area contributed by atoms with Gasteiger partial charge in [0.15, 0.2) is 5.82 Å². The number of anilines is 1. The number of benzene rings is 1. The third-order valence-corrected chi connectivity index (χ3v) is 2.31. The highest BCUT2D eigenvalue weighted by molar-refractivity contribution is 5.58. The number of hydrogen-bond donors (Lipinski definition) is 1. The van der Waals surface area contributed by atoms with Crippen LogP contribution in [0.4, 0.5) is 10.2 Å². The maximum atomic E-state index is 13.3.